The first kappa shape index (κ1) is 12.4. The van der Waals surface area contributed by atoms with Crippen molar-refractivity contribution in [1.29, 1.82) is 0 Å². The molecule has 3 nitrogen and oxygen atoms in total. The fourth-order valence-electron chi connectivity index (χ4n) is 0.227. The van der Waals surface area contributed by atoms with Gasteiger partial charge in [-0.2, -0.15) is 0 Å². The topological polar surface area (TPSA) is 43.4 Å². The molecule has 0 aromatic heterocycles. The molecule has 0 bridgehead atoms. The first-order valence-electron chi connectivity index (χ1n) is 2.21. The first-order valence-corrected chi connectivity index (χ1v) is 2.94. The molecule has 0 aromatic rings. The van der Waals surface area contributed by atoms with Crippen LogP contribution in [0.4, 0.5) is 0 Å². The van der Waals surface area contributed by atoms with Crippen molar-refractivity contribution in [2.75, 3.05) is 6.61 Å². The Morgan fingerprint density at radius 1 is 1.67 bits per heavy atom. The van der Waals surface area contributed by atoms with Gasteiger partial charge in [0.15, 0.2) is 0 Å². The molecule has 0 aromatic carbocycles. The zero-order valence-corrected chi connectivity index (χ0v) is 5.48. The Hall–Kier alpha value is 0.730. The molecule has 0 amide bonds. The summed E-state index contributed by atoms with van der Waals surface area (Å²) in [5, 5.41) is 0. The maximum absolute atomic E-state index is 10.1. The van der Waals surface area contributed by atoms with Crippen LogP contribution in [0, 0.1) is 0 Å². The number of ketones is 1. The van der Waals surface area contributed by atoms with Crippen LogP contribution in [0.1, 0.15) is 13.3 Å². The minimum atomic E-state index is -0.352. The third-order valence-electron chi connectivity index (χ3n) is 0.598. The standard InChI is InChI=1S/C4H7O3P.Na.H/c1-4(5)2-3-7-8-6;;/h2-3H2,1H3;;. The summed E-state index contributed by atoms with van der Waals surface area (Å²) in [6.45, 7) is 1.71. The molecule has 0 radical (unpaired) electrons. The molecule has 0 saturated heterocycles. The van der Waals surface area contributed by atoms with Gasteiger partial charge in [-0.15, -0.1) is 0 Å². The monoisotopic (exact) mass is 158 g/mol. The molecule has 0 rings (SSSR count). The summed E-state index contributed by atoms with van der Waals surface area (Å²) >= 11 is 0. The van der Waals surface area contributed by atoms with Gasteiger partial charge in [-0.25, -0.2) is 4.57 Å². The molecule has 0 fully saturated rings. The molecule has 5 heteroatoms. The Kier molecular flexibility index (Phi) is 12.0. The number of hydrogen-bond acceptors (Lipinski definition) is 3. The van der Waals surface area contributed by atoms with Crippen molar-refractivity contribution in [3.63, 3.8) is 0 Å². The molecule has 0 aliphatic heterocycles. The van der Waals surface area contributed by atoms with Crippen molar-refractivity contribution in [3.05, 3.63) is 0 Å². The molecule has 0 unspecified atom stereocenters. The van der Waals surface area contributed by atoms with E-state index in [1.807, 2.05) is 0 Å². The summed E-state index contributed by atoms with van der Waals surface area (Å²) in [7, 11) is -0.352. The number of rotatable bonds is 4. The predicted octanol–water partition coefficient (Wildman–Crippen LogP) is 0.540. The summed E-state index contributed by atoms with van der Waals surface area (Å²) < 4.78 is 13.9. The van der Waals surface area contributed by atoms with Crippen molar-refractivity contribution in [2.24, 2.45) is 0 Å². The average molecular weight is 158 g/mol. The zero-order chi connectivity index (χ0) is 6.41. The van der Waals surface area contributed by atoms with E-state index < -0.39 is 0 Å². The van der Waals surface area contributed by atoms with E-state index in [0.29, 0.717) is 6.42 Å². The van der Waals surface area contributed by atoms with Crippen LogP contribution in [0.25, 0.3) is 0 Å². The van der Waals surface area contributed by atoms with Gasteiger partial charge in [0.1, 0.15) is 5.78 Å². The van der Waals surface area contributed by atoms with Crippen LogP contribution < -0.4 is 0 Å². The number of carbonyl (C=O) groups is 1. The Morgan fingerprint density at radius 2 is 2.22 bits per heavy atom. The summed E-state index contributed by atoms with van der Waals surface area (Å²) in [4.78, 5) is 10.1. The zero-order valence-electron chi connectivity index (χ0n) is 4.59. The van der Waals surface area contributed by atoms with Crippen LogP contribution in [0.2, 0.25) is 0 Å². The van der Waals surface area contributed by atoms with Crippen LogP contribution in [0.15, 0.2) is 0 Å². The molecule has 0 heterocycles. The van der Waals surface area contributed by atoms with Gasteiger partial charge in [0.05, 0.1) is 6.61 Å². The van der Waals surface area contributed by atoms with Crippen molar-refractivity contribution in [3.8, 4) is 0 Å². The predicted molar refractivity (Wildman–Crippen MR) is 36.0 cm³/mol. The maximum atomic E-state index is 10.1. The van der Waals surface area contributed by atoms with E-state index in [2.05, 4.69) is 4.52 Å². The van der Waals surface area contributed by atoms with E-state index in [1.165, 1.54) is 6.92 Å². The van der Waals surface area contributed by atoms with Crippen LogP contribution >= 0.6 is 8.69 Å². The second-order valence-corrected chi connectivity index (χ2v) is 1.77. The second-order valence-electron chi connectivity index (χ2n) is 1.36. The summed E-state index contributed by atoms with van der Waals surface area (Å²) in [5.41, 5.74) is 0. The summed E-state index contributed by atoms with van der Waals surface area (Å²) in [5.74, 6) is 0.0497. The molecule has 9 heavy (non-hydrogen) atoms. The Morgan fingerprint density at radius 3 is 2.56 bits per heavy atom. The van der Waals surface area contributed by atoms with E-state index in [-0.39, 0.29) is 50.6 Å². The van der Waals surface area contributed by atoms with Gasteiger partial charge in [-0.3, -0.25) is 9.32 Å². The summed E-state index contributed by atoms with van der Waals surface area (Å²) in [6.07, 6.45) is 0.342. The molecule has 0 atom stereocenters. The van der Waals surface area contributed by atoms with Crippen LogP contribution in [-0.2, 0) is 13.9 Å². The van der Waals surface area contributed by atoms with Gasteiger partial charge in [-0.1, -0.05) is 0 Å². The van der Waals surface area contributed by atoms with Gasteiger partial charge in [0.2, 0.25) is 0 Å². The molecule has 0 N–H and O–H groups in total. The van der Waals surface area contributed by atoms with E-state index in [1.54, 1.807) is 0 Å². The molecular weight excluding hydrogens is 150 g/mol. The first-order chi connectivity index (χ1) is 3.77. The molecule has 0 saturated carbocycles. The van der Waals surface area contributed by atoms with E-state index in [9.17, 15) is 9.36 Å². The fraction of sp³-hybridized carbons (Fsp3) is 0.750. The molecule has 0 spiro atoms. The van der Waals surface area contributed by atoms with Crippen molar-refractivity contribution in [2.45, 2.75) is 13.3 Å². The van der Waals surface area contributed by atoms with E-state index >= 15 is 0 Å². The molecule has 0 aliphatic carbocycles. The van der Waals surface area contributed by atoms with Crippen LogP contribution in [0.5, 0.6) is 0 Å². The Labute approximate surface area is 77.7 Å². The Balaban J connectivity index is 0. The number of carbonyl (C=O) groups excluding carboxylic acids is 1. The molecule has 0 aliphatic rings. The minimum absolute atomic E-state index is 0. The van der Waals surface area contributed by atoms with Gasteiger partial charge in [0, 0.05) is 6.42 Å². The SMILES string of the molecule is CC(=O)CCOP=O.[NaH]. The quantitative estimate of drug-likeness (QED) is 0.340. The van der Waals surface area contributed by atoms with E-state index in [0.717, 1.165) is 0 Å². The average Bonchev–Trinajstić information content (AvgIpc) is 1.66. The van der Waals surface area contributed by atoms with Crippen LogP contribution in [0.3, 0.4) is 0 Å². The normalized spacial score (nSPS) is 8.56. The third kappa shape index (κ3) is 12.0. The molecule has 48 valence electrons. The van der Waals surface area contributed by atoms with Gasteiger partial charge in [0.25, 0.3) is 0 Å². The Bertz CT molecular complexity index is 95.8. The summed E-state index contributed by atoms with van der Waals surface area (Å²) in [6, 6.07) is 0. The van der Waals surface area contributed by atoms with Crippen molar-refractivity contribution >= 4 is 44.0 Å². The van der Waals surface area contributed by atoms with Gasteiger partial charge in [-0.05, 0) is 6.92 Å². The van der Waals surface area contributed by atoms with Gasteiger partial charge >= 0.3 is 38.2 Å². The number of Topliss-reactive ketones (excluding diaryl/α,β-unsaturated/α-hetero) is 1. The van der Waals surface area contributed by atoms with Crippen molar-refractivity contribution < 1.29 is 13.9 Å². The van der Waals surface area contributed by atoms with Crippen molar-refractivity contribution in [1.82, 2.24) is 0 Å². The second kappa shape index (κ2) is 8.73. The van der Waals surface area contributed by atoms with E-state index in [4.69, 9.17) is 0 Å². The van der Waals surface area contributed by atoms with Gasteiger partial charge < -0.3 is 0 Å². The number of hydrogen-bond donors (Lipinski definition) is 0. The van der Waals surface area contributed by atoms with Crippen LogP contribution in [-0.4, -0.2) is 41.9 Å². The third-order valence-corrected chi connectivity index (χ3v) is 0.886. The molecular formula is C4H8NaO3P. The fourth-order valence-corrected chi connectivity index (χ4v) is 0.392.